The number of thiazole rings is 1. The number of benzene rings is 2. The van der Waals surface area contributed by atoms with E-state index in [-0.39, 0.29) is 5.91 Å². The molecule has 0 aliphatic heterocycles. The number of nitrogens with zero attached hydrogens (tertiary/aromatic N) is 2. The summed E-state index contributed by atoms with van der Waals surface area (Å²) in [5.41, 5.74) is 4.11. The van der Waals surface area contributed by atoms with Gasteiger partial charge in [0, 0.05) is 12.1 Å². The normalized spacial score (nSPS) is 12.3. The van der Waals surface area contributed by atoms with Crippen LogP contribution in [0.4, 0.5) is 0 Å². The summed E-state index contributed by atoms with van der Waals surface area (Å²) < 4.78 is 3.36. The van der Waals surface area contributed by atoms with Gasteiger partial charge in [-0.1, -0.05) is 56.4 Å². The van der Waals surface area contributed by atoms with Gasteiger partial charge in [0.1, 0.15) is 0 Å². The smallest absolute Gasteiger partial charge is 0.279 e. The fraction of sp³-hybridized carbons (Fsp3) is 0.333. The minimum atomic E-state index is -0.168. The van der Waals surface area contributed by atoms with Gasteiger partial charge in [0.05, 0.1) is 10.2 Å². The molecular formula is C21H24N2OS. The Morgan fingerprint density at radius 1 is 1.20 bits per heavy atom. The second-order valence-electron chi connectivity index (χ2n) is 6.65. The van der Waals surface area contributed by atoms with Crippen LogP contribution in [0.5, 0.6) is 0 Å². The first kappa shape index (κ1) is 17.6. The third-order valence-corrected chi connectivity index (χ3v) is 5.43. The summed E-state index contributed by atoms with van der Waals surface area (Å²) >= 11 is 1.60. The van der Waals surface area contributed by atoms with E-state index in [1.807, 2.05) is 31.2 Å². The second-order valence-corrected chi connectivity index (χ2v) is 7.66. The predicted molar refractivity (Wildman–Crippen MR) is 105 cm³/mol. The lowest BCUT2D eigenvalue weighted by Crippen LogP contribution is -2.17. The molecule has 0 radical (unpaired) electrons. The average Bonchev–Trinajstić information content (AvgIpc) is 2.92. The van der Waals surface area contributed by atoms with Gasteiger partial charge in [0.2, 0.25) is 0 Å². The molecule has 3 aromatic rings. The number of carbonyl (C=O) groups excluding carboxylic acids is 1. The Kier molecular flexibility index (Phi) is 5.19. The maximum atomic E-state index is 12.7. The monoisotopic (exact) mass is 352 g/mol. The van der Waals surface area contributed by atoms with Crippen molar-refractivity contribution in [3.05, 3.63) is 64.0 Å². The van der Waals surface area contributed by atoms with Gasteiger partial charge in [-0.3, -0.25) is 4.79 Å². The summed E-state index contributed by atoms with van der Waals surface area (Å²) in [6.45, 7) is 9.35. The van der Waals surface area contributed by atoms with E-state index in [1.165, 1.54) is 10.3 Å². The van der Waals surface area contributed by atoms with Crippen LogP contribution in [0.15, 0.2) is 47.5 Å². The molecule has 130 valence electrons. The fourth-order valence-corrected chi connectivity index (χ4v) is 4.04. The Bertz CT molecular complexity index is 979. The Morgan fingerprint density at radius 2 is 1.96 bits per heavy atom. The number of hydrogen-bond acceptors (Lipinski definition) is 2. The fourth-order valence-electron chi connectivity index (χ4n) is 2.93. The van der Waals surface area contributed by atoms with Crippen molar-refractivity contribution in [3.63, 3.8) is 0 Å². The second kappa shape index (κ2) is 7.36. The molecule has 2 aromatic carbocycles. The van der Waals surface area contributed by atoms with Gasteiger partial charge in [-0.15, -0.1) is 0 Å². The van der Waals surface area contributed by atoms with E-state index in [4.69, 9.17) is 0 Å². The maximum Gasteiger partial charge on any atom is 0.279 e. The zero-order chi connectivity index (χ0) is 18.0. The van der Waals surface area contributed by atoms with Crippen LogP contribution < -0.4 is 4.80 Å². The van der Waals surface area contributed by atoms with Crippen molar-refractivity contribution in [1.29, 1.82) is 0 Å². The van der Waals surface area contributed by atoms with Gasteiger partial charge >= 0.3 is 0 Å². The number of carbonyl (C=O) groups is 1. The van der Waals surface area contributed by atoms with Crippen LogP contribution in [0.25, 0.3) is 10.2 Å². The first-order chi connectivity index (χ1) is 12.0. The van der Waals surface area contributed by atoms with E-state index in [1.54, 1.807) is 11.3 Å². The molecule has 0 saturated heterocycles. The molecule has 0 aliphatic rings. The lowest BCUT2D eigenvalue weighted by molar-refractivity contribution is 0.0997. The molecular weight excluding hydrogens is 328 g/mol. The largest absolute Gasteiger partial charge is 0.316 e. The van der Waals surface area contributed by atoms with E-state index in [0.29, 0.717) is 11.5 Å². The Labute approximate surface area is 152 Å². The average molecular weight is 353 g/mol. The molecule has 0 atom stereocenters. The molecule has 1 amide bonds. The van der Waals surface area contributed by atoms with Crippen molar-refractivity contribution in [2.24, 2.45) is 4.99 Å². The van der Waals surface area contributed by atoms with Crippen LogP contribution in [-0.4, -0.2) is 10.5 Å². The Balaban J connectivity index is 2.15. The summed E-state index contributed by atoms with van der Waals surface area (Å²) in [4.78, 5) is 17.9. The van der Waals surface area contributed by atoms with Crippen LogP contribution >= 0.6 is 11.3 Å². The molecule has 4 heteroatoms. The number of hydrogen-bond donors (Lipinski definition) is 0. The summed E-state index contributed by atoms with van der Waals surface area (Å²) in [5.74, 6) is 0.318. The van der Waals surface area contributed by atoms with Crippen molar-refractivity contribution in [3.8, 4) is 0 Å². The van der Waals surface area contributed by atoms with Crippen LogP contribution in [0.2, 0.25) is 0 Å². The Morgan fingerprint density at radius 3 is 2.64 bits per heavy atom. The van der Waals surface area contributed by atoms with Gasteiger partial charge in [-0.2, -0.15) is 4.99 Å². The zero-order valence-corrected chi connectivity index (χ0v) is 16.1. The molecule has 0 unspecified atom stereocenters. The molecule has 3 rings (SSSR count). The van der Waals surface area contributed by atoms with Crippen molar-refractivity contribution < 1.29 is 4.79 Å². The van der Waals surface area contributed by atoms with Crippen molar-refractivity contribution in [2.45, 2.75) is 46.6 Å². The van der Waals surface area contributed by atoms with E-state index >= 15 is 0 Å². The van der Waals surface area contributed by atoms with Crippen LogP contribution in [0.1, 0.15) is 54.6 Å². The molecule has 3 nitrogen and oxygen atoms in total. The predicted octanol–water partition coefficient (Wildman–Crippen LogP) is 5.29. The first-order valence-electron chi connectivity index (χ1n) is 8.79. The quantitative estimate of drug-likeness (QED) is 0.628. The summed E-state index contributed by atoms with van der Waals surface area (Å²) in [6.07, 6.45) is 1.00. The summed E-state index contributed by atoms with van der Waals surface area (Å²) in [6, 6.07) is 14.2. The molecule has 0 aliphatic carbocycles. The van der Waals surface area contributed by atoms with Gasteiger partial charge in [-0.05, 0) is 48.6 Å². The zero-order valence-electron chi connectivity index (χ0n) is 15.2. The van der Waals surface area contributed by atoms with E-state index in [0.717, 1.165) is 28.8 Å². The lowest BCUT2D eigenvalue weighted by atomic mass is 10.0. The van der Waals surface area contributed by atoms with E-state index < -0.39 is 0 Å². The Hall–Kier alpha value is -2.20. The summed E-state index contributed by atoms with van der Waals surface area (Å²) in [7, 11) is 0. The molecule has 0 bridgehead atoms. The minimum absolute atomic E-state index is 0.168. The molecule has 1 heterocycles. The number of aryl methyl sites for hydroxylation is 2. The third-order valence-electron chi connectivity index (χ3n) is 4.39. The highest BCUT2D eigenvalue weighted by atomic mass is 32.1. The molecule has 1 aromatic heterocycles. The highest BCUT2D eigenvalue weighted by molar-refractivity contribution is 7.16. The van der Waals surface area contributed by atoms with E-state index in [9.17, 15) is 4.79 Å². The number of fused-ring (bicyclic) bond motifs is 1. The highest BCUT2D eigenvalue weighted by Gasteiger charge is 2.11. The minimum Gasteiger partial charge on any atom is -0.316 e. The molecule has 0 spiro atoms. The number of amides is 1. The molecule has 0 saturated carbocycles. The van der Waals surface area contributed by atoms with Crippen molar-refractivity contribution in [2.75, 3.05) is 0 Å². The summed E-state index contributed by atoms with van der Waals surface area (Å²) in [5, 5.41) is 0. The van der Waals surface area contributed by atoms with Crippen LogP contribution in [-0.2, 0) is 6.54 Å². The molecule has 0 fully saturated rings. The van der Waals surface area contributed by atoms with Crippen molar-refractivity contribution in [1.82, 2.24) is 4.57 Å². The lowest BCUT2D eigenvalue weighted by Gasteiger charge is -2.06. The standard InChI is InChI=1S/C21H24N2OS/c1-5-12-23-18-11-10-16(14(2)3)13-19(18)25-21(23)22-20(24)17-9-7-6-8-15(17)4/h6-11,13-14H,5,12H2,1-4H3. The van der Waals surface area contributed by atoms with Gasteiger partial charge < -0.3 is 4.57 Å². The number of rotatable bonds is 4. The highest BCUT2D eigenvalue weighted by Crippen LogP contribution is 2.24. The van der Waals surface area contributed by atoms with Gasteiger partial charge in [-0.25, -0.2) is 0 Å². The van der Waals surface area contributed by atoms with E-state index in [2.05, 4.69) is 48.5 Å². The first-order valence-corrected chi connectivity index (χ1v) is 9.61. The molecule has 0 N–H and O–H groups in total. The van der Waals surface area contributed by atoms with Crippen molar-refractivity contribution >= 4 is 27.5 Å². The maximum absolute atomic E-state index is 12.7. The van der Waals surface area contributed by atoms with Gasteiger partial charge in [0.15, 0.2) is 4.80 Å². The number of aromatic nitrogens is 1. The molecule has 25 heavy (non-hydrogen) atoms. The third kappa shape index (κ3) is 3.59. The topological polar surface area (TPSA) is 34.4 Å². The van der Waals surface area contributed by atoms with Gasteiger partial charge in [0.25, 0.3) is 5.91 Å². The SMILES string of the molecule is CCCn1c(=NC(=O)c2ccccc2C)sc2cc(C(C)C)ccc21. The van der Waals surface area contributed by atoms with Crippen LogP contribution in [0.3, 0.4) is 0 Å². The van der Waals surface area contributed by atoms with Crippen LogP contribution in [0, 0.1) is 6.92 Å².